The number of thioether (sulfide) groups is 1. The zero-order chi connectivity index (χ0) is 16.4. The van der Waals surface area contributed by atoms with Crippen molar-refractivity contribution in [1.29, 1.82) is 0 Å². The van der Waals surface area contributed by atoms with Crippen molar-refractivity contribution in [1.82, 2.24) is 4.90 Å². The van der Waals surface area contributed by atoms with Crippen LogP contribution in [0.5, 0.6) is 0 Å². The van der Waals surface area contributed by atoms with E-state index in [2.05, 4.69) is 6.07 Å². The number of carbonyl (C=O) groups is 1. The number of benzene rings is 2. The smallest absolute Gasteiger partial charge is 0.283 e. The maximum absolute atomic E-state index is 12.7. The second-order valence-electron chi connectivity index (χ2n) is 5.39. The molecular weight excluding hydrogens is 312 g/mol. The van der Waals surface area contributed by atoms with Crippen molar-refractivity contribution in [2.45, 2.75) is 17.9 Å². The standard InChI is InChI=1S/C17H16N2O3S/c1-23-16-7-6-13(10-15(16)19(21)22)17(20)18-9-8-12-4-2-3-5-14(12)11-18/h2-7,10H,8-9,11H2,1H3. The molecule has 0 bridgehead atoms. The van der Waals surface area contributed by atoms with Gasteiger partial charge < -0.3 is 4.90 Å². The molecule has 2 aromatic rings. The van der Waals surface area contributed by atoms with E-state index in [1.165, 1.54) is 23.4 Å². The van der Waals surface area contributed by atoms with E-state index in [0.29, 0.717) is 23.5 Å². The van der Waals surface area contributed by atoms with Crippen molar-refractivity contribution in [2.24, 2.45) is 0 Å². The van der Waals surface area contributed by atoms with E-state index in [1.54, 1.807) is 23.3 Å². The molecular formula is C17H16N2O3S. The number of nitro benzene ring substituents is 1. The molecule has 0 spiro atoms. The third-order valence-corrected chi connectivity index (χ3v) is 4.83. The molecule has 0 aliphatic carbocycles. The number of carbonyl (C=O) groups excluding carboxylic acids is 1. The maximum Gasteiger partial charge on any atom is 0.283 e. The van der Waals surface area contributed by atoms with Gasteiger partial charge in [0.25, 0.3) is 11.6 Å². The molecule has 1 aliphatic heterocycles. The van der Waals surface area contributed by atoms with Crippen LogP contribution in [-0.2, 0) is 13.0 Å². The summed E-state index contributed by atoms with van der Waals surface area (Å²) >= 11 is 1.30. The Morgan fingerprint density at radius 1 is 1.22 bits per heavy atom. The monoisotopic (exact) mass is 328 g/mol. The lowest BCUT2D eigenvalue weighted by atomic mass is 9.99. The van der Waals surface area contributed by atoms with Crippen LogP contribution in [-0.4, -0.2) is 28.5 Å². The normalized spacial score (nSPS) is 13.5. The highest BCUT2D eigenvalue weighted by Gasteiger charge is 2.24. The van der Waals surface area contributed by atoms with Gasteiger partial charge in [-0.05, 0) is 35.9 Å². The van der Waals surface area contributed by atoms with Crippen LogP contribution in [0.25, 0.3) is 0 Å². The largest absolute Gasteiger partial charge is 0.334 e. The van der Waals surface area contributed by atoms with Crippen molar-refractivity contribution in [3.05, 3.63) is 69.3 Å². The van der Waals surface area contributed by atoms with Crippen LogP contribution < -0.4 is 0 Å². The minimum absolute atomic E-state index is 0.0132. The van der Waals surface area contributed by atoms with Gasteiger partial charge in [0.15, 0.2) is 0 Å². The highest BCUT2D eigenvalue weighted by Crippen LogP contribution is 2.29. The van der Waals surface area contributed by atoms with Gasteiger partial charge >= 0.3 is 0 Å². The predicted octanol–water partition coefficient (Wildman–Crippen LogP) is 3.52. The highest BCUT2D eigenvalue weighted by molar-refractivity contribution is 7.98. The van der Waals surface area contributed by atoms with Crippen molar-refractivity contribution in [3.63, 3.8) is 0 Å². The van der Waals surface area contributed by atoms with E-state index < -0.39 is 4.92 Å². The van der Waals surface area contributed by atoms with E-state index in [-0.39, 0.29) is 11.6 Å². The Morgan fingerprint density at radius 2 is 1.96 bits per heavy atom. The average Bonchev–Trinajstić information content (AvgIpc) is 2.60. The van der Waals surface area contributed by atoms with E-state index in [0.717, 1.165) is 12.0 Å². The number of fused-ring (bicyclic) bond motifs is 1. The van der Waals surface area contributed by atoms with Crippen LogP contribution in [0, 0.1) is 10.1 Å². The first-order valence-corrected chi connectivity index (χ1v) is 8.51. The van der Waals surface area contributed by atoms with Crippen molar-refractivity contribution in [2.75, 3.05) is 12.8 Å². The van der Waals surface area contributed by atoms with Gasteiger partial charge in [-0.1, -0.05) is 24.3 Å². The fourth-order valence-electron chi connectivity index (χ4n) is 2.82. The van der Waals surface area contributed by atoms with Gasteiger partial charge in [-0.15, -0.1) is 11.8 Å². The third-order valence-electron chi connectivity index (χ3n) is 4.04. The molecule has 0 aromatic heterocycles. The fourth-order valence-corrected chi connectivity index (χ4v) is 3.36. The third kappa shape index (κ3) is 3.07. The Balaban J connectivity index is 1.87. The van der Waals surface area contributed by atoms with Gasteiger partial charge in [0.2, 0.25) is 0 Å². The highest BCUT2D eigenvalue weighted by atomic mass is 32.2. The topological polar surface area (TPSA) is 63.5 Å². The number of rotatable bonds is 3. The molecule has 2 aromatic carbocycles. The predicted molar refractivity (Wildman–Crippen MR) is 89.8 cm³/mol. The Kier molecular flexibility index (Phi) is 4.34. The first-order valence-electron chi connectivity index (χ1n) is 7.28. The lowest BCUT2D eigenvalue weighted by molar-refractivity contribution is -0.387. The summed E-state index contributed by atoms with van der Waals surface area (Å²) in [5, 5.41) is 11.2. The molecule has 0 saturated heterocycles. The van der Waals surface area contributed by atoms with Crippen LogP contribution in [0.3, 0.4) is 0 Å². The lowest BCUT2D eigenvalue weighted by Crippen LogP contribution is -2.35. The molecule has 23 heavy (non-hydrogen) atoms. The molecule has 1 amide bonds. The van der Waals surface area contributed by atoms with Crippen molar-refractivity contribution < 1.29 is 9.72 Å². The molecule has 0 fully saturated rings. The number of hydrogen-bond acceptors (Lipinski definition) is 4. The van der Waals surface area contributed by atoms with E-state index in [1.807, 2.05) is 18.2 Å². The molecule has 0 N–H and O–H groups in total. The summed E-state index contributed by atoms with van der Waals surface area (Å²) in [6, 6.07) is 12.8. The van der Waals surface area contributed by atoms with Gasteiger partial charge in [0.1, 0.15) is 0 Å². The summed E-state index contributed by atoms with van der Waals surface area (Å²) in [6.07, 6.45) is 2.60. The molecule has 6 heteroatoms. The van der Waals surface area contributed by atoms with Crippen LogP contribution in [0.2, 0.25) is 0 Å². The van der Waals surface area contributed by atoms with Crippen molar-refractivity contribution in [3.8, 4) is 0 Å². The molecule has 1 heterocycles. The SMILES string of the molecule is CSc1ccc(C(=O)N2CCc3ccccc3C2)cc1[N+](=O)[O-]. The summed E-state index contributed by atoms with van der Waals surface area (Å²) in [5.74, 6) is -0.157. The van der Waals surface area contributed by atoms with Gasteiger partial charge in [-0.2, -0.15) is 0 Å². The van der Waals surface area contributed by atoms with Gasteiger partial charge in [-0.25, -0.2) is 0 Å². The molecule has 118 valence electrons. The number of hydrogen-bond donors (Lipinski definition) is 0. The Bertz CT molecular complexity index is 776. The fraction of sp³-hybridized carbons (Fsp3) is 0.235. The zero-order valence-corrected chi connectivity index (χ0v) is 13.5. The quantitative estimate of drug-likeness (QED) is 0.491. The Labute approximate surface area is 138 Å². The Hall–Kier alpha value is -2.34. The molecule has 0 radical (unpaired) electrons. The first-order chi connectivity index (χ1) is 11.1. The van der Waals surface area contributed by atoms with Crippen LogP contribution >= 0.6 is 11.8 Å². The van der Waals surface area contributed by atoms with Gasteiger partial charge in [0, 0.05) is 24.7 Å². The van der Waals surface area contributed by atoms with Crippen molar-refractivity contribution >= 4 is 23.4 Å². The van der Waals surface area contributed by atoms with E-state index in [9.17, 15) is 14.9 Å². The lowest BCUT2D eigenvalue weighted by Gasteiger charge is -2.29. The Morgan fingerprint density at radius 3 is 2.65 bits per heavy atom. The molecule has 3 rings (SSSR count). The van der Waals surface area contributed by atoms with E-state index in [4.69, 9.17) is 0 Å². The second-order valence-corrected chi connectivity index (χ2v) is 6.24. The van der Waals surface area contributed by atoms with Crippen LogP contribution in [0.4, 0.5) is 5.69 Å². The second kappa shape index (κ2) is 6.42. The molecule has 1 aliphatic rings. The minimum Gasteiger partial charge on any atom is -0.334 e. The molecule has 0 saturated carbocycles. The number of nitrogens with zero attached hydrogens (tertiary/aromatic N) is 2. The van der Waals surface area contributed by atoms with Gasteiger partial charge in [-0.3, -0.25) is 14.9 Å². The summed E-state index contributed by atoms with van der Waals surface area (Å²) in [5.41, 5.74) is 2.76. The molecule has 5 nitrogen and oxygen atoms in total. The summed E-state index contributed by atoms with van der Waals surface area (Å²) < 4.78 is 0. The number of amides is 1. The zero-order valence-electron chi connectivity index (χ0n) is 12.7. The van der Waals surface area contributed by atoms with Crippen LogP contribution in [0.15, 0.2) is 47.4 Å². The van der Waals surface area contributed by atoms with E-state index >= 15 is 0 Å². The maximum atomic E-state index is 12.7. The average molecular weight is 328 g/mol. The van der Waals surface area contributed by atoms with Gasteiger partial charge in [0.05, 0.1) is 9.82 Å². The molecule has 0 unspecified atom stereocenters. The minimum atomic E-state index is -0.436. The molecule has 0 atom stereocenters. The summed E-state index contributed by atoms with van der Waals surface area (Å²) in [7, 11) is 0. The van der Waals surface area contributed by atoms with Crippen LogP contribution in [0.1, 0.15) is 21.5 Å². The summed E-state index contributed by atoms with van der Waals surface area (Å²) in [6.45, 7) is 1.18. The summed E-state index contributed by atoms with van der Waals surface area (Å²) in [4.78, 5) is 25.7. The number of nitro groups is 1. The first kappa shape index (κ1) is 15.6.